The van der Waals surface area contributed by atoms with Crippen molar-refractivity contribution in [3.8, 4) is 17.2 Å². The Kier molecular flexibility index (Phi) is 5.68. The number of hydrogen-bond acceptors (Lipinski definition) is 6. The molecule has 1 saturated heterocycles. The maximum atomic E-state index is 12.7. The van der Waals surface area contributed by atoms with Crippen LogP contribution in [-0.4, -0.2) is 53.0 Å². The molecule has 1 aromatic carbocycles. The molecule has 7 nitrogen and oxygen atoms in total. The summed E-state index contributed by atoms with van der Waals surface area (Å²) in [5.41, 5.74) is -0.245. The lowest BCUT2D eigenvalue weighted by Crippen LogP contribution is -2.51. The number of carbonyl (C=O) groups is 1. The highest BCUT2D eigenvalue weighted by Gasteiger charge is 2.39. The minimum Gasteiger partial charge on any atom is -0.493 e. The molecule has 2 rings (SSSR count). The molecule has 0 bridgehead atoms. The van der Waals surface area contributed by atoms with Crippen LogP contribution in [0.15, 0.2) is 12.1 Å². The van der Waals surface area contributed by atoms with Gasteiger partial charge in [0.1, 0.15) is 5.60 Å². The molecule has 128 valence electrons. The number of rotatable bonds is 6. The number of piperidine rings is 1. The van der Waals surface area contributed by atoms with E-state index in [1.165, 1.54) is 21.3 Å². The molecule has 0 aromatic heterocycles. The first-order chi connectivity index (χ1) is 11.1. The summed E-state index contributed by atoms with van der Waals surface area (Å²) in [6, 6.07) is 3.40. The van der Waals surface area contributed by atoms with Crippen molar-refractivity contribution in [3.05, 3.63) is 12.1 Å². The number of carbonyl (C=O) groups excluding carboxylic acids is 1. The fraction of sp³-hybridized carbons (Fsp3) is 0.562. The normalized spacial score (nSPS) is 16.5. The van der Waals surface area contributed by atoms with E-state index >= 15 is 0 Å². The molecule has 1 aliphatic rings. The first kappa shape index (κ1) is 17.4. The van der Waals surface area contributed by atoms with Gasteiger partial charge < -0.3 is 29.6 Å². The van der Waals surface area contributed by atoms with Gasteiger partial charge in [-0.25, -0.2) is 0 Å². The van der Waals surface area contributed by atoms with E-state index in [4.69, 9.17) is 18.9 Å². The summed E-state index contributed by atoms with van der Waals surface area (Å²) in [6.07, 6.45) is 1.25. The summed E-state index contributed by atoms with van der Waals surface area (Å²) in [7, 11) is 6.17. The molecule has 7 heteroatoms. The van der Waals surface area contributed by atoms with Crippen molar-refractivity contribution in [1.82, 2.24) is 5.32 Å². The summed E-state index contributed by atoms with van der Waals surface area (Å²) in [5.74, 6) is 1.28. The summed E-state index contributed by atoms with van der Waals surface area (Å²) < 4.78 is 21.4. The summed E-state index contributed by atoms with van der Waals surface area (Å²) >= 11 is 0. The third-order valence-electron chi connectivity index (χ3n) is 4.14. The molecule has 23 heavy (non-hydrogen) atoms. The van der Waals surface area contributed by atoms with Crippen LogP contribution in [0.3, 0.4) is 0 Å². The largest absolute Gasteiger partial charge is 0.493 e. The van der Waals surface area contributed by atoms with Crippen LogP contribution >= 0.6 is 0 Å². The topological polar surface area (TPSA) is 78.1 Å². The van der Waals surface area contributed by atoms with Gasteiger partial charge >= 0.3 is 0 Å². The highest BCUT2D eigenvalue weighted by atomic mass is 16.5. The number of amides is 1. The van der Waals surface area contributed by atoms with Gasteiger partial charge in [0.05, 0.1) is 21.3 Å². The smallest absolute Gasteiger partial charge is 0.256 e. The second-order valence-corrected chi connectivity index (χ2v) is 5.32. The predicted octanol–water partition coefficient (Wildman–Crippen LogP) is 1.42. The van der Waals surface area contributed by atoms with Gasteiger partial charge in [0.15, 0.2) is 11.5 Å². The van der Waals surface area contributed by atoms with Crippen LogP contribution in [0.5, 0.6) is 17.2 Å². The number of hydrogen-bond donors (Lipinski definition) is 2. The van der Waals surface area contributed by atoms with Crippen LogP contribution in [-0.2, 0) is 9.53 Å². The number of ether oxygens (including phenoxy) is 4. The minimum atomic E-state index is -0.814. The van der Waals surface area contributed by atoms with Gasteiger partial charge in [-0.3, -0.25) is 4.79 Å². The fourth-order valence-corrected chi connectivity index (χ4v) is 2.75. The Morgan fingerprint density at radius 1 is 1.04 bits per heavy atom. The Hall–Kier alpha value is -1.99. The predicted molar refractivity (Wildman–Crippen MR) is 86.6 cm³/mol. The third-order valence-corrected chi connectivity index (χ3v) is 4.14. The van der Waals surface area contributed by atoms with Crippen LogP contribution < -0.4 is 24.8 Å². The monoisotopic (exact) mass is 324 g/mol. The third kappa shape index (κ3) is 3.51. The van der Waals surface area contributed by atoms with Crippen LogP contribution in [0.1, 0.15) is 12.8 Å². The van der Waals surface area contributed by atoms with Crippen molar-refractivity contribution in [2.75, 3.05) is 46.8 Å². The number of methoxy groups -OCH3 is 4. The quantitative estimate of drug-likeness (QED) is 0.824. The van der Waals surface area contributed by atoms with Crippen molar-refractivity contribution in [2.45, 2.75) is 18.4 Å². The first-order valence-corrected chi connectivity index (χ1v) is 7.47. The molecule has 0 atom stereocenters. The van der Waals surface area contributed by atoms with Crippen LogP contribution in [0.2, 0.25) is 0 Å². The van der Waals surface area contributed by atoms with Gasteiger partial charge in [0.2, 0.25) is 5.75 Å². The lowest BCUT2D eigenvalue weighted by Gasteiger charge is -2.34. The molecule has 1 heterocycles. The Balaban J connectivity index is 2.26. The second kappa shape index (κ2) is 7.52. The van der Waals surface area contributed by atoms with Gasteiger partial charge in [0, 0.05) is 24.9 Å². The van der Waals surface area contributed by atoms with Crippen molar-refractivity contribution in [2.24, 2.45) is 0 Å². The van der Waals surface area contributed by atoms with Crippen LogP contribution in [0.25, 0.3) is 0 Å². The molecule has 0 unspecified atom stereocenters. The van der Waals surface area contributed by atoms with E-state index in [9.17, 15) is 4.79 Å². The highest BCUT2D eigenvalue weighted by molar-refractivity contribution is 5.98. The van der Waals surface area contributed by atoms with Crippen molar-refractivity contribution >= 4 is 11.6 Å². The van der Waals surface area contributed by atoms with Gasteiger partial charge in [0.25, 0.3) is 5.91 Å². The van der Waals surface area contributed by atoms with Crippen molar-refractivity contribution in [1.29, 1.82) is 0 Å². The zero-order valence-corrected chi connectivity index (χ0v) is 14.0. The molecule has 0 radical (unpaired) electrons. The van der Waals surface area contributed by atoms with E-state index in [0.29, 0.717) is 35.8 Å². The van der Waals surface area contributed by atoms with E-state index in [0.717, 1.165) is 13.1 Å². The molecule has 1 aromatic rings. The summed E-state index contributed by atoms with van der Waals surface area (Å²) in [4.78, 5) is 12.7. The Morgan fingerprint density at radius 3 is 2.04 bits per heavy atom. The minimum absolute atomic E-state index is 0.171. The lowest BCUT2D eigenvalue weighted by molar-refractivity contribution is -0.140. The first-order valence-electron chi connectivity index (χ1n) is 7.47. The number of anilines is 1. The van der Waals surface area contributed by atoms with Crippen LogP contribution in [0, 0.1) is 0 Å². The Bertz CT molecular complexity index is 530. The van der Waals surface area contributed by atoms with Crippen LogP contribution in [0.4, 0.5) is 5.69 Å². The summed E-state index contributed by atoms with van der Waals surface area (Å²) in [6.45, 7) is 1.49. The van der Waals surface area contributed by atoms with Crippen molar-refractivity contribution < 1.29 is 23.7 Å². The zero-order chi connectivity index (χ0) is 16.9. The molecule has 0 spiro atoms. The maximum absolute atomic E-state index is 12.7. The zero-order valence-electron chi connectivity index (χ0n) is 14.0. The van der Waals surface area contributed by atoms with Crippen molar-refractivity contribution in [3.63, 3.8) is 0 Å². The average Bonchev–Trinajstić information content (AvgIpc) is 2.61. The van der Waals surface area contributed by atoms with E-state index in [-0.39, 0.29) is 5.91 Å². The van der Waals surface area contributed by atoms with Gasteiger partial charge in [-0.05, 0) is 25.9 Å². The number of benzene rings is 1. The molecule has 0 saturated carbocycles. The second-order valence-electron chi connectivity index (χ2n) is 5.32. The molecule has 0 aliphatic carbocycles. The SMILES string of the molecule is COc1cc(NC(=O)C2(OC)CCNCC2)cc(OC)c1OC. The molecule has 1 aliphatic heterocycles. The van der Waals surface area contributed by atoms with Gasteiger partial charge in [-0.15, -0.1) is 0 Å². The van der Waals surface area contributed by atoms with E-state index in [1.54, 1.807) is 19.2 Å². The maximum Gasteiger partial charge on any atom is 0.256 e. The van der Waals surface area contributed by atoms with E-state index in [2.05, 4.69) is 10.6 Å². The highest BCUT2D eigenvalue weighted by Crippen LogP contribution is 2.40. The average molecular weight is 324 g/mol. The molecule has 1 fully saturated rings. The fourth-order valence-electron chi connectivity index (χ4n) is 2.75. The standard InChI is InChI=1S/C16H24N2O5/c1-20-12-9-11(10-13(21-2)14(12)22-3)18-15(19)16(23-4)5-7-17-8-6-16/h9-10,17H,5-8H2,1-4H3,(H,18,19). The Labute approximate surface area is 136 Å². The molecule has 1 amide bonds. The number of nitrogens with one attached hydrogen (secondary N) is 2. The lowest BCUT2D eigenvalue weighted by atomic mass is 9.91. The van der Waals surface area contributed by atoms with E-state index < -0.39 is 5.60 Å². The molecule has 2 N–H and O–H groups in total. The Morgan fingerprint density at radius 2 is 1.61 bits per heavy atom. The van der Waals surface area contributed by atoms with E-state index in [1.807, 2.05) is 0 Å². The molecular formula is C16H24N2O5. The molecular weight excluding hydrogens is 300 g/mol. The van der Waals surface area contributed by atoms with Gasteiger partial charge in [-0.1, -0.05) is 0 Å². The van der Waals surface area contributed by atoms with Gasteiger partial charge in [-0.2, -0.15) is 0 Å². The summed E-state index contributed by atoms with van der Waals surface area (Å²) in [5, 5.41) is 6.12.